The van der Waals surface area contributed by atoms with Crippen LogP contribution in [0.1, 0.15) is 38.7 Å². The highest BCUT2D eigenvalue weighted by Crippen LogP contribution is 2.26. The maximum Gasteiger partial charge on any atom is 0.319 e. The van der Waals surface area contributed by atoms with Gasteiger partial charge in [-0.1, -0.05) is 38.1 Å². The molecule has 6 heteroatoms. The molecule has 0 aliphatic heterocycles. The van der Waals surface area contributed by atoms with Gasteiger partial charge in [0, 0.05) is 23.6 Å². The number of anilines is 3. The quantitative estimate of drug-likeness (QED) is 0.454. The Morgan fingerprint density at radius 2 is 1.66 bits per heavy atom. The molecule has 154 valence electrons. The fourth-order valence-electron chi connectivity index (χ4n) is 2.81. The van der Waals surface area contributed by atoms with Crippen LogP contribution in [0.4, 0.5) is 21.9 Å². The van der Waals surface area contributed by atoms with Crippen LogP contribution >= 0.6 is 0 Å². The largest absolute Gasteiger partial charge is 0.374 e. The van der Waals surface area contributed by atoms with Crippen molar-refractivity contribution in [1.29, 1.82) is 0 Å². The molecule has 2 rings (SSSR count). The van der Waals surface area contributed by atoms with Gasteiger partial charge in [0.05, 0.1) is 0 Å². The van der Waals surface area contributed by atoms with E-state index < -0.39 is 6.04 Å². The summed E-state index contributed by atoms with van der Waals surface area (Å²) in [4.78, 5) is 24.3. The van der Waals surface area contributed by atoms with Crippen LogP contribution in [-0.2, 0) is 4.79 Å². The van der Waals surface area contributed by atoms with Gasteiger partial charge >= 0.3 is 6.03 Å². The molecule has 2 atom stereocenters. The highest BCUT2D eigenvalue weighted by molar-refractivity contribution is 5.97. The molecule has 0 saturated carbocycles. The molecule has 4 N–H and O–H groups in total. The average molecular weight is 395 g/mol. The fourth-order valence-corrected chi connectivity index (χ4v) is 2.81. The van der Waals surface area contributed by atoms with E-state index in [1.54, 1.807) is 18.2 Å². The summed E-state index contributed by atoms with van der Waals surface area (Å²) in [7, 11) is 0. The Morgan fingerprint density at radius 1 is 1.00 bits per heavy atom. The van der Waals surface area contributed by atoms with Crippen molar-refractivity contribution in [3.8, 4) is 0 Å². The number of benzene rings is 2. The molecular weight excluding hydrogens is 364 g/mol. The van der Waals surface area contributed by atoms with Gasteiger partial charge in [-0.3, -0.25) is 4.79 Å². The van der Waals surface area contributed by atoms with Gasteiger partial charge in [0.25, 0.3) is 0 Å². The van der Waals surface area contributed by atoms with Crippen molar-refractivity contribution in [2.45, 2.75) is 39.2 Å². The van der Waals surface area contributed by atoms with Crippen LogP contribution in [0.3, 0.4) is 0 Å². The van der Waals surface area contributed by atoms with E-state index in [1.807, 2.05) is 37.3 Å². The van der Waals surface area contributed by atoms with Crippen molar-refractivity contribution in [1.82, 2.24) is 5.32 Å². The van der Waals surface area contributed by atoms with Crippen LogP contribution in [0, 0.1) is 0 Å². The monoisotopic (exact) mass is 394 g/mol. The molecule has 0 fully saturated rings. The van der Waals surface area contributed by atoms with Gasteiger partial charge in [-0.2, -0.15) is 0 Å². The zero-order valence-corrected chi connectivity index (χ0v) is 17.3. The first-order valence-electron chi connectivity index (χ1n) is 9.86. The minimum absolute atomic E-state index is 0.105. The zero-order valence-electron chi connectivity index (χ0n) is 17.3. The topological polar surface area (TPSA) is 82.3 Å². The third-order valence-electron chi connectivity index (χ3n) is 4.69. The number of hydrogen-bond donors (Lipinski definition) is 4. The Balaban J connectivity index is 1.94. The molecule has 0 heterocycles. The van der Waals surface area contributed by atoms with Gasteiger partial charge < -0.3 is 21.3 Å². The molecule has 0 aromatic heterocycles. The lowest BCUT2D eigenvalue weighted by Crippen LogP contribution is -2.32. The molecule has 3 amide bonds. The highest BCUT2D eigenvalue weighted by Gasteiger charge is 2.16. The van der Waals surface area contributed by atoms with Gasteiger partial charge in [-0.25, -0.2) is 4.79 Å². The number of urea groups is 1. The van der Waals surface area contributed by atoms with Crippen molar-refractivity contribution in [3.63, 3.8) is 0 Å². The predicted molar refractivity (Wildman–Crippen MR) is 121 cm³/mol. The summed E-state index contributed by atoms with van der Waals surface area (Å²) in [5, 5.41) is 11.6. The Hall–Kier alpha value is -3.28. The fraction of sp³-hybridized carbons (Fsp3) is 0.304. The maximum atomic E-state index is 12.6. The van der Waals surface area contributed by atoms with E-state index in [9.17, 15) is 9.59 Å². The standard InChI is InChI=1S/C23H30N4O2/c1-5-15-24-23(29)26-19-13-11-18(12-14-19)25-17(4)22(28)27-21-10-8-7-9-20(21)16(3)6-2/h5,7-14,16-17,25H,1,6,15H2,2-4H3,(H,27,28)(H2,24,26,29). The zero-order chi connectivity index (χ0) is 21.2. The van der Waals surface area contributed by atoms with E-state index in [2.05, 4.69) is 47.8 Å². The second-order valence-corrected chi connectivity index (χ2v) is 6.95. The first-order valence-corrected chi connectivity index (χ1v) is 9.86. The number of carbonyl (C=O) groups excluding carboxylic acids is 2. The van der Waals surface area contributed by atoms with E-state index in [0.717, 1.165) is 23.4 Å². The number of carbonyl (C=O) groups is 2. The van der Waals surface area contributed by atoms with Gasteiger partial charge in [-0.15, -0.1) is 6.58 Å². The van der Waals surface area contributed by atoms with Crippen LogP contribution in [-0.4, -0.2) is 24.5 Å². The average Bonchev–Trinajstić information content (AvgIpc) is 2.73. The van der Waals surface area contributed by atoms with Gasteiger partial charge in [0.1, 0.15) is 6.04 Å². The molecule has 0 aliphatic rings. The first kappa shape index (κ1) is 22.0. The van der Waals surface area contributed by atoms with E-state index in [0.29, 0.717) is 18.2 Å². The molecule has 6 nitrogen and oxygen atoms in total. The van der Waals surface area contributed by atoms with Crippen molar-refractivity contribution in [3.05, 3.63) is 66.7 Å². The number of para-hydroxylation sites is 1. The summed E-state index contributed by atoms with van der Waals surface area (Å²) in [6, 6.07) is 14.4. The molecule has 0 aliphatic carbocycles. The Kier molecular flexibility index (Phi) is 8.27. The minimum Gasteiger partial charge on any atom is -0.374 e. The highest BCUT2D eigenvalue weighted by atomic mass is 16.2. The number of nitrogens with one attached hydrogen (secondary N) is 4. The molecule has 0 radical (unpaired) electrons. The lowest BCUT2D eigenvalue weighted by molar-refractivity contribution is -0.116. The molecule has 29 heavy (non-hydrogen) atoms. The van der Waals surface area contributed by atoms with Crippen LogP contribution in [0.2, 0.25) is 0 Å². The third kappa shape index (κ3) is 6.68. The number of rotatable bonds is 9. The van der Waals surface area contributed by atoms with Gasteiger partial charge in [0.2, 0.25) is 5.91 Å². The van der Waals surface area contributed by atoms with Gasteiger partial charge in [0.15, 0.2) is 0 Å². The molecule has 2 aromatic rings. The Morgan fingerprint density at radius 3 is 2.31 bits per heavy atom. The van der Waals surface area contributed by atoms with Crippen LogP contribution in [0.5, 0.6) is 0 Å². The summed E-state index contributed by atoms with van der Waals surface area (Å²) < 4.78 is 0. The summed E-state index contributed by atoms with van der Waals surface area (Å²) in [6.45, 7) is 10.1. The maximum absolute atomic E-state index is 12.6. The first-order chi connectivity index (χ1) is 13.9. The Bertz CT molecular complexity index is 833. The minimum atomic E-state index is -0.422. The smallest absolute Gasteiger partial charge is 0.319 e. The van der Waals surface area contributed by atoms with Crippen molar-refractivity contribution < 1.29 is 9.59 Å². The second kappa shape index (κ2) is 10.9. The van der Waals surface area contributed by atoms with Crippen molar-refractivity contribution >= 4 is 29.0 Å². The van der Waals surface area contributed by atoms with Crippen molar-refractivity contribution in [2.24, 2.45) is 0 Å². The lowest BCUT2D eigenvalue weighted by Gasteiger charge is -2.19. The number of hydrogen-bond acceptors (Lipinski definition) is 3. The number of amides is 3. The van der Waals surface area contributed by atoms with Crippen LogP contribution in [0.15, 0.2) is 61.2 Å². The third-order valence-corrected chi connectivity index (χ3v) is 4.69. The van der Waals surface area contributed by atoms with E-state index in [4.69, 9.17) is 0 Å². The molecule has 0 spiro atoms. The van der Waals surface area contributed by atoms with Crippen LogP contribution < -0.4 is 21.3 Å². The van der Waals surface area contributed by atoms with Crippen molar-refractivity contribution in [2.75, 3.05) is 22.5 Å². The summed E-state index contributed by atoms with van der Waals surface area (Å²) in [5.41, 5.74) is 3.45. The van der Waals surface area contributed by atoms with Crippen LogP contribution in [0.25, 0.3) is 0 Å². The lowest BCUT2D eigenvalue weighted by atomic mass is 9.97. The summed E-state index contributed by atoms with van der Waals surface area (Å²) in [6.07, 6.45) is 2.62. The normalized spacial score (nSPS) is 12.4. The van der Waals surface area contributed by atoms with E-state index in [1.165, 1.54) is 0 Å². The molecule has 2 aromatic carbocycles. The van der Waals surface area contributed by atoms with Gasteiger partial charge in [-0.05, 0) is 55.2 Å². The summed E-state index contributed by atoms with van der Waals surface area (Å²) in [5.74, 6) is 0.269. The Labute approximate surface area is 172 Å². The van der Waals surface area contributed by atoms with E-state index in [-0.39, 0.29) is 11.9 Å². The molecule has 0 saturated heterocycles. The van der Waals surface area contributed by atoms with E-state index >= 15 is 0 Å². The molecular formula is C23H30N4O2. The predicted octanol–water partition coefficient (Wildman–Crippen LogP) is 4.95. The summed E-state index contributed by atoms with van der Waals surface area (Å²) >= 11 is 0. The SMILES string of the molecule is C=CCNC(=O)Nc1ccc(NC(C)C(=O)Nc2ccccc2C(C)CC)cc1. The molecule has 0 bridgehead atoms. The molecule has 2 unspecified atom stereocenters. The second-order valence-electron chi connectivity index (χ2n) is 6.95.